The van der Waals surface area contributed by atoms with E-state index in [-0.39, 0.29) is 12.1 Å². The molecule has 1 aliphatic rings. The molecule has 8 heavy (non-hydrogen) atoms. The lowest BCUT2D eigenvalue weighted by atomic mass is 10.2. The highest BCUT2D eigenvalue weighted by molar-refractivity contribution is 5.03. The van der Waals surface area contributed by atoms with Gasteiger partial charge in [0.2, 0.25) is 0 Å². The molecule has 1 saturated carbocycles. The molecule has 0 bridgehead atoms. The molecule has 0 unspecified atom stereocenters. The second-order valence-electron chi connectivity index (χ2n) is 2.92. The van der Waals surface area contributed by atoms with E-state index < -0.39 is 0 Å². The van der Waals surface area contributed by atoms with Gasteiger partial charge in [-0.2, -0.15) is 0 Å². The molecule has 0 aromatic carbocycles. The SMILES string of the molecule is C[C@@]1(N)C[C@@H]1CCO. The van der Waals surface area contributed by atoms with Crippen molar-refractivity contribution in [2.45, 2.75) is 25.3 Å². The van der Waals surface area contributed by atoms with Crippen molar-refractivity contribution in [2.24, 2.45) is 11.7 Å². The van der Waals surface area contributed by atoms with Crippen molar-refractivity contribution in [3.05, 3.63) is 0 Å². The zero-order chi connectivity index (χ0) is 6.20. The van der Waals surface area contributed by atoms with Crippen LogP contribution < -0.4 is 5.73 Å². The van der Waals surface area contributed by atoms with Gasteiger partial charge in [-0.25, -0.2) is 0 Å². The van der Waals surface area contributed by atoms with Crippen molar-refractivity contribution < 1.29 is 5.11 Å². The van der Waals surface area contributed by atoms with E-state index in [1.807, 2.05) is 6.92 Å². The van der Waals surface area contributed by atoms with Gasteiger partial charge in [-0.15, -0.1) is 0 Å². The molecule has 0 spiro atoms. The maximum absolute atomic E-state index is 8.45. The number of hydrogen-bond acceptors (Lipinski definition) is 2. The van der Waals surface area contributed by atoms with Crippen LogP contribution in [0.5, 0.6) is 0 Å². The fourth-order valence-electron chi connectivity index (χ4n) is 1.06. The first-order chi connectivity index (χ1) is 3.67. The minimum atomic E-state index is 0.0583. The van der Waals surface area contributed by atoms with Gasteiger partial charge in [0.1, 0.15) is 0 Å². The van der Waals surface area contributed by atoms with Gasteiger partial charge in [-0.3, -0.25) is 0 Å². The van der Waals surface area contributed by atoms with Crippen molar-refractivity contribution in [3.8, 4) is 0 Å². The lowest BCUT2D eigenvalue weighted by Gasteiger charge is -1.98. The molecule has 1 rings (SSSR count). The molecule has 0 aliphatic heterocycles. The smallest absolute Gasteiger partial charge is 0.0434 e. The Morgan fingerprint density at radius 3 is 2.50 bits per heavy atom. The van der Waals surface area contributed by atoms with Crippen LogP contribution in [-0.4, -0.2) is 17.3 Å². The van der Waals surface area contributed by atoms with Gasteiger partial charge in [0, 0.05) is 12.1 Å². The van der Waals surface area contributed by atoms with Gasteiger partial charge in [0.25, 0.3) is 0 Å². The van der Waals surface area contributed by atoms with Gasteiger partial charge in [0.15, 0.2) is 0 Å². The normalized spacial score (nSPS) is 44.6. The molecule has 0 aromatic heterocycles. The molecule has 1 aliphatic carbocycles. The van der Waals surface area contributed by atoms with Crippen LogP contribution in [-0.2, 0) is 0 Å². The minimum absolute atomic E-state index is 0.0583. The van der Waals surface area contributed by atoms with Crippen LogP contribution in [0.4, 0.5) is 0 Å². The Morgan fingerprint density at radius 2 is 2.38 bits per heavy atom. The Kier molecular flexibility index (Phi) is 1.29. The summed E-state index contributed by atoms with van der Waals surface area (Å²) in [7, 11) is 0. The summed E-state index contributed by atoms with van der Waals surface area (Å²) >= 11 is 0. The van der Waals surface area contributed by atoms with Crippen molar-refractivity contribution in [1.29, 1.82) is 0 Å². The summed E-state index contributed by atoms with van der Waals surface area (Å²) in [6.45, 7) is 2.32. The van der Waals surface area contributed by atoms with Gasteiger partial charge >= 0.3 is 0 Å². The summed E-state index contributed by atoms with van der Waals surface area (Å²) in [5, 5.41) is 8.45. The number of aliphatic hydroxyl groups excluding tert-OH is 1. The van der Waals surface area contributed by atoms with Gasteiger partial charge in [-0.05, 0) is 25.7 Å². The fraction of sp³-hybridized carbons (Fsp3) is 1.00. The molecule has 0 saturated heterocycles. The number of hydrogen-bond donors (Lipinski definition) is 2. The molecule has 2 heteroatoms. The van der Waals surface area contributed by atoms with Crippen LogP contribution in [0.3, 0.4) is 0 Å². The largest absolute Gasteiger partial charge is 0.396 e. The Hall–Kier alpha value is -0.0800. The Balaban J connectivity index is 2.17. The average molecular weight is 115 g/mol. The van der Waals surface area contributed by atoms with E-state index in [2.05, 4.69) is 0 Å². The molecular formula is C6H13NO. The quantitative estimate of drug-likeness (QED) is 0.536. The minimum Gasteiger partial charge on any atom is -0.396 e. The molecule has 48 valence electrons. The molecule has 0 heterocycles. The molecule has 0 radical (unpaired) electrons. The third-order valence-corrected chi connectivity index (χ3v) is 1.94. The molecule has 2 atom stereocenters. The lowest BCUT2D eigenvalue weighted by molar-refractivity contribution is 0.275. The zero-order valence-corrected chi connectivity index (χ0v) is 5.22. The van der Waals surface area contributed by atoms with Crippen LogP contribution in [0.15, 0.2) is 0 Å². The monoisotopic (exact) mass is 115 g/mol. The third-order valence-electron chi connectivity index (χ3n) is 1.94. The highest BCUT2D eigenvalue weighted by Gasteiger charge is 2.45. The maximum Gasteiger partial charge on any atom is 0.0434 e. The second kappa shape index (κ2) is 1.71. The van der Waals surface area contributed by atoms with E-state index in [9.17, 15) is 0 Å². The summed E-state index contributed by atoms with van der Waals surface area (Å²) in [5.41, 5.74) is 5.74. The van der Waals surface area contributed by atoms with Crippen molar-refractivity contribution in [3.63, 3.8) is 0 Å². The molecule has 0 amide bonds. The average Bonchev–Trinajstić information content (AvgIpc) is 2.15. The van der Waals surface area contributed by atoms with E-state index in [4.69, 9.17) is 10.8 Å². The van der Waals surface area contributed by atoms with E-state index >= 15 is 0 Å². The molecule has 2 nitrogen and oxygen atoms in total. The highest BCUT2D eigenvalue weighted by Crippen LogP contribution is 2.42. The van der Waals surface area contributed by atoms with E-state index in [1.165, 1.54) is 0 Å². The first-order valence-corrected chi connectivity index (χ1v) is 3.06. The van der Waals surface area contributed by atoms with Crippen molar-refractivity contribution in [1.82, 2.24) is 0 Å². The summed E-state index contributed by atoms with van der Waals surface area (Å²) in [6, 6.07) is 0. The maximum atomic E-state index is 8.45. The topological polar surface area (TPSA) is 46.2 Å². The van der Waals surface area contributed by atoms with Crippen LogP contribution in [0.25, 0.3) is 0 Å². The van der Waals surface area contributed by atoms with E-state index in [0.29, 0.717) is 5.92 Å². The summed E-state index contributed by atoms with van der Waals surface area (Å²) < 4.78 is 0. The third kappa shape index (κ3) is 1.01. The van der Waals surface area contributed by atoms with Crippen LogP contribution in [0.2, 0.25) is 0 Å². The van der Waals surface area contributed by atoms with Gasteiger partial charge < -0.3 is 10.8 Å². The summed E-state index contributed by atoms with van der Waals surface area (Å²) in [6.07, 6.45) is 1.97. The fourth-order valence-corrected chi connectivity index (χ4v) is 1.06. The number of aliphatic hydroxyl groups is 1. The van der Waals surface area contributed by atoms with Gasteiger partial charge in [-0.1, -0.05) is 0 Å². The first kappa shape index (κ1) is 6.05. The summed E-state index contributed by atoms with van der Waals surface area (Å²) in [5.74, 6) is 0.590. The second-order valence-corrected chi connectivity index (χ2v) is 2.92. The van der Waals surface area contributed by atoms with E-state index in [0.717, 1.165) is 12.8 Å². The molecule has 1 fully saturated rings. The standard InChI is InChI=1S/C6H13NO/c1-6(7)4-5(6)2-3-8/h5,8H,2-4,7H2,1H3/t5-,6+/m0/s1. The first-order valence-electron chi connectivity index (χ1n) is 3.06. The van der Waals surface area contributed by atoms with Gasteiger partial charge in [0.05, 0.1) is 0 Å². The van der Waals surface area contributed by atoms with Crippen LogP contribution in [0.1, 0.15) is 19.8 Å². The molecule has 3 N–H and O–H groups in total. The number of rotatable bonds is 2. The predicted molar refractivity (Wildman–Crippen MR) is 32.4 cm³/mol. The van der Waals surface area contributed by atoms with Crippen molar-refractivity contribution in [2.75, 3.05) is 6.61 Å². The Bertz CT molecular complexity index is 90.5. The van der Waals surface area contributed by atoms with Crippen LogP contribution in [0, 0.1) is 5.92 Å². The van der Waals surface area contributed by atoms with Crippen molar-refractivity contribution >= 4 is 0 Å². The molecular weight excluding hydrogens is 102 g/mol. The number of nitrogens with two attached hydrogens (primary N) is 1. The summed E-state index contributed by atoms with van der Waals surface area (Å²) in [4.78, 5) is 0. The van der Waals surface area contributed by atoms with Crippen LogP contribution >= 0.6 is 0 Å². The Labute approximate surface area is 49.7 Å². The molecule has 0 aromatic rings. The lowest BCUT2D eigenvalue weighted by Crippen LogP contribution is -2.19. The van der Waals surface area contributed by atoms with E-state index in [1.54, 1.807) is 0 Å². The Morgan fingerprint density at radius 1 is 1.88 bits per heavy atom. The highest BCUT2D eigenvalue weighted by atomic mass is 16.3. The zero-order valence-electron chi connectivity index (χ0n) is 5.22. The predicted octanol–water partition coefficient (Wildman–Crippen LogP) is 0.106.